The molecule has 0 aliphatic heterocycles. The zero-order valence-electron chi connectivity index (χ0n) is 10.4. The number of rotatable bonds is 11. The summed E-state index contributed by atoms with van der Waals surface area (Å²) in [4.78, 5) is 0. The van der Waals surface area contributed by atoms with Crippen molar-refractivity contribution in [1.82, 2.24) is 5.32 Å². The van der Waals surface area contributed by atoms with E-state index < -0.39 is 0 Å². The van der Waals surface area contributed by atoms with Crippen LogP contribution >= 0.6 is 0 Å². The number of hydrogen-bond donors (Lipinski definition) is 3. The zero-order chi connectivity index (χ0) is 12.9. The van der Waals surface area contributed by atoms with Gasteiger partial charge in [0.2, 0.25) is 0 Å². The predicted octanol–water partition coefficient (Wildman–Crippen LogP) is 0.320. The number of nitrogens with one attached hydrogen (secondary N) is 1. The molecule has 1 atom stereocenters. The second-order valence-corrected chi connectivity index (χ2v) is 3.48. The second-order valence-electron chi connectivity index (χ2n) is 3.48. The van der Waals surface area contributed by atoms with Gasteiger partial charge >= 0.3 is 0 Å². The normalized spacial score (nSPS) is 13.6. The van der Waals surface area contributed by atoms with Crippen LogP contribution in [0.4, 0.5) is 0 Å². The molecule has 0 aromatic heterocycles. The molecule has 0 aromatic carbocycles. The third-order valence-corrected chi connectivity index (χ3v) is 2.07. The first-order chi connectivity index (χ1) is 8.22. The van der Waals surface area contributed by atoms with Crippen LogP contribution in [0, 0.1) is 0 Å². The number of oxime groups is 1. The van der Waals surface area contributed by atoms with Crippen molar-refractivity contribution < 1.29 is 14.7 Å². The topological polar surface area (TPSA) is 89.1 Å². The molecular formula is C11H23N3O3. The SMILES string of the molecule is C=CCCOCCNCCOC(C)/C(N)=N/O. The molecule has 0 rings (SSSR count). The fraction of sp³-hybridized carbons (Fsp3) is 0.727. The summed E-state index contributed by atoms with van der Waals surface area (Å²) in [6, 6.07) is 0. The van der Waals surface area contributed by atoms with Crippen LogP contribution in [0.25, 0.3) is 0 Å². The van der Waals surface area contributed by atoms with E-state index >= 15 is 0 Å². The Bertz CT molecular complexity index is 222. The van der Waals surface area contributed by atoms with Gasteiger partial charge in [-0.05, 0) is 13.3 Å². The van der Waals surface area contributed by atoms with Gasteiger partial charge in [-0.25, -0.2) is 0 Å². The van der Waals surface area contributed by atoms with Gasteiger partial charge in [-0.1, -0.05) is 11.2 Å². The molecule has 0 saturated heterocycles. The van der Waals surface area contributed by atoms with Gasteiger partial charge in [-0.15, -0.1) is 6.58 Å². The summed E-state index contributed by atoms with van der Waals surface area (Å²) in [5, 5.41) is 14.4. The van der Waals surface area contributed by atoms with E-state index in [1.54, 1.807) is 6.92 Å². The fourth-order valence-electron chi connectivity index (χ4n) is 1.01. The van der Waals surface area contributed by atoms with Gasteiger partial charge in [-0.2, -0.15) is 0 Å². The van der Waals surface area contributed by atoms with E-state index in [0.717, 1.165) is 13.0 Å². The van der Waals surface area contributed by atoms with Crippen LogP contribution in [-0.2, 0) is 9.47 Å². The van der Waals surface area contributed by atoms with E-state index in [9.17, 15) is 0 Å². The highest BCUT2D eigenvalue weighted by Gasteiger charge is 2.06. The molecule has 0 fully saturated rings. The Labute approximate surface area is 102 Å². The monoisotopic (exact) mass is 245 g/mol. The Kier molecular flexibility index (Phi) is 10.6. The molecular weight excluding hydrogens is 222 g/mol. The van der Waals surface area contributed by atoms with Crippen molar-refractivity contribution in [3.8, 4) is 0 Å². The highest BCUT2D eigenvalue weighted by molar-refractivity contribution is 5.83. The second kappa shape index (κ2) is 11.4. The molecule has 0 spiro atoms. The summed E-state index contributed by atoms with van der Waals surface area (Å²) < 4.78 is 10.6. The standard InChI is InChI=1S/C11H23N3O3/c1-3-4-7-16-8-5-13-6-9-17-10(2)11(12)14-15/h3,10,13,15H,1,4-9H2,2H3,(H2,12,14). The van der Waals surface area contributed by atoms with Crippen LogP contribution in [-0.4, -0.2) is 50.1 Å². The van der Waals surface area contributed by atoms with E-state index in [-0.39, 0.29) is 11.9 Å². The molecule has 6 heteroatoms. The quantitative estimate of drug-likeness (QED) is 0.122. The van der Waals surface area contributed by atoms with Gasteiger partial charge in [0.15, 0.2) is 5.84 Å². The van der Waals surface area contributed by atoms with Gasteiger partial charge in [0.1, 0.15) is 6.10 Å². The molecule has 0 amide bonds. The van der Waals surface area contributed by atoms with Crippen LogP contribution < -0.4 is 11.1 Å². The molecule has 0 aliphatic rings. The van der Waals surface area contributed by atoms with Crippen LogP contribution in [0.5, 0.6) is 0 Å². The Morgan fingerprint density at radius 3 is 2.82 bits per heavy atom. The zero-order valence-corrected chi connectivity index (χ0v) is 10.4. The van der Waals surface area contributed by atoms with Gasteiger partial charge in [0.05, 0.1) is 19.8 Å². The van der Waals surface area contributed by atoms with E-state index in [1.165, 1.54) is 0 Å². The fourth-order valence-corrected chi connectivity index (χ4v) is 1.01. The molecule has 1 unspecified atom stereocenters. The van der Waals surface area contributed by atoms with Crippen LogP contribution in [0.3, 0.4) is 0 Å². The molecule has 0 aromatic rings. The minimum Gasteiger partial charge on any atom is -0.409 e. The largest absolute Gasteiger partial charge is 0.409 e. The molecule has 17 heavy (non-hydrogen) atoms. The lowest BCUT2D eigenvalue weighted by molar-refractivity contribution is 0.103. The highest BCUT2D eigenvalue weighted by Crippen LogP contribution is 1.89. The Morgan fingerprint density at radius 1 is 1.47 bits per heavy atom. The predicted molar refractivity (Wildman–Crippen MR) is 67.3 cm³/mol. The molecule has 0 bridgehead atoms. The number of nitrogens with zero attached hydrogens (tertiary/aromatic N) is 1. The molecule has 0 saturated carbocycles. The lowest BCUT2D eigenvalue weighted by Crippen LogP contribution is -2.32. The minimum absolute atomic E-state index is 0.0813. The molecule has 100 valence electrons. The molecule has 4 N–H and O–H groups in total. The third-order valence-electron chi connectivity index (χ3n) is 2.07. The summed E-state index contributed by atoms with van der Waals surface area (Å²) >= 11 is 0. The molecule has 0 aliphatic carbocycles. The first-order valence-electron chi connectivity index (χ1n) is 5.70. The van der Waals surface area contributed by atoms with Crippen molar-refractivity contribution in [2.24, 2.45) is 10.9 Å². The van der Waals surface area contributed by atoms with Crippen molar-refractivity contribution in [2.75, 3.05) is 32.9 Å². The van der Waals surface area contributed by atoms with Gasteiger partial charge in [0.25, 0.3) is 0 Å². The maximum atomic E-state index is 8.39. The third kappa shape index (κ3) is 9.80. The summed E-state index contributed by atoms with van der Waals surface area (Å²) in [5.41, 5.74) is 5.35. The molecule has 0 radical (unpaired) electrons. The minimum atomic E-state index is -0.370. The average Bonchev–Trinajstić information content (AvgIpc) is 2.35. The summed E-state index contributed by atoms with van der Waals surface area (Å²) in [6.07, 6.45) is 2.33. The summed E-state index contributed by atoms with van der Waals surface area (Å²) in [7, 11) is 0. The van der Waals surface area contributed by atoms with Gasteiger partial charge < -0.3 is 25.7 Å². The first-order valence-corrected chi connectivity index (χ1v) is 5.70. The van der Waals surface area contributed by atoms with E-state index in [0.29, 0.717) is 26.4 Å². The molecule has 6 nitrogen and oxygen atoms in total. The van der Waals surface area contributed by atoms with Gasteiger partial charge in [-0.3, -0.25) is 0 Å². The Balaban J connectivity index is 3.21. The van der Waals surface area contributed by atoms with Crippen LogP contribution in [0.2, 0.25) is 0 Å². The lowest BCUT2D eigenvalue weighted by Gasteiger charge is -2.11. The van der Waals surface area contributed by atoms with Crippen molar-refractivity contribution in [3.63, 3.8) is 0 Å². The van der Waals surface area contributed by atoms with Gasteiger partial charge in [0, 0.05) is 13.1 Å². The van der Waals surface area contributed by atoms with Crippen molar-refractivity contribution >= 4 is 5.84 Å². The van der Waals surface area contributed by atoms with E-state index in [4.69, 9.17) is 20.4 Å². The smallest absolute Gasteiger partial charge is 0.168 e. The maximum absolute atomic E-state index is 8.39. The van der Waals surface area contributed by atoms with E-state index in [1.807, 2.05) is 6.08 Å². The Hall–Kier alpha value is -1.11. The van der Waals surface area contributed by atoms with Crippen molar-refractivity contribution in [1.29, 1.82) is 0 Å². The van der Waals surface area contributed by atoms with Crippen LogP contribution in [0.15, 0.2) is 17.8 Å². The number of ether oxygens (including phenoxy) is 2. The highest BCUT2D eigenvalue weighted by atomic mass is 16.5. The number of amidine groups is 1. The summed E-state index contributed by atoms with van der Waals surface area (Å²) in [5.74, 6) is 0.0813. The number of nitrogens with two attached hydrogens (primary N) is 1. The van der Waals surface area contributed by atoms with Crippen molar-refractivity contribution in [2.45, 2.75) is 19.4 Å². The van der Waals surface area contributed by atoms with Crippen molar-refractivity contribution in [3.05, 3.63) is 12.7 Å². The lowest BCUT2D eigenvalue weighted by atomic mass is 10.4. The maximum Gasteiger partial charge on any atom is 0.168 e. The first kappa shape index (κ1) is 15.9. The van der Waals surface area contributed by atoms with Crippen LogP contribution in [0.1, 0.15) is 13.3 Å². The average molecular weight is 245 g/mol. The summed E-state index contributed by atoms with van der Waals surface area (Å²) in [6.45, 7) is 8.70. The number of hydrogen-bond acceptors (Lipinski definition) is 5. The molecule has 0 heterocycles. The Morgan fingerprint density at radius 2 is 2.18 bits per heavy atom. The van der Waals surface area contributed by atoms with E-state index in [2.05, 4.69) is 17.1 Å².